The van der Waals surface area contributed by atoms with E-state index in [-0.39, 0.29) is 22.5 Å². The Kier molecular flexibility index (Phi) is 3.40. The van der Waals surface area contributed by atoms with Gasteiger partial charge in [-0.05, 0) is 18.2 Å². The van der Waals surface area contributed by atoms with Gasteiger partial charge in [0.15, 0.2) is 0 Å². The molecular weight excluding hydrogens is 315 g/mol. The molecule has 0 fully saturated rings. The fourth-order valence-corrected chi connectivity index (χ4v) is 1.85. The van der Waals surface area contributed by atoms with Gasteiger partial charge in [-0.2, -0.15) is 13.2 Å². The first kappa shape index (κ1) is 13.0. The van der Waals surface area contributed by atoms with Crippen LogP contribution >= 0.6 is 15.9 Å². The van der Waals surface area contributed by atoms with Crippen molar-refractivity contribution in [3.05, 3.63) is 40.1 Å². The Morgan fingerprint density at radius 2 is 2.00 bits per heavy atom. The highest BCUT2D eigenvalue weighted by atomic mass is 79.9. The van der Waals surface area contributed by atoms with E-state index < -0.39 is 11.7 Å². The number of rotatable bonds is 2. The molecule has 0 saturated carbocycles. The zero-order valence-corrected chi connectivity index (χ0v) is 10.4. The van der Waals surface area contributed by atoms with Crippen LogP contribution in [0.15, 0.2) is 28.9 Å². The van der Waals surface area contributed by atoms with Crippen LogP contribution in [0, 0.1) is 0 Å². The number of hydrogen-bond acceptors (Lipinski definition) is 3. The smallest absolute Gasteiger partial charge is 0.390 e. The van der Waals surface area contributed by atoms with E-state index in [1.807, 2.05) is 0 Å². The predicted octanol–water partition coefficient (Wildman–Crippen LogP) is 2.54. The number of benzene rings is 1. The van der Waals surface area contributed by atoms with Crippen LogP contribution in [-0.4, -0.2) is 20.1 Å². The molecule has 0 aliphatic rings. The highest BCUT2D eigenvalue weighted by molar-refractivity contribution is 9.10. The highest BCUT2D eigenvalue weighted by Crippen LogP contribution is 2.32. The summed E-state index contributed by atoms with van der Waals surface area (Å²) in [6, 6.07) is 3.42. The van der Waals surface area contributed by atoms with E-state index >= 15 is 0 Å². The fraction of sp³-hybridized carbons (Fsp3) is 0.200. The predicted molar refractivity (Wildman–Crippen MR) is 60.0 cm³/mol. The van der Waals surface area contributed by atoms with Gasteiger partial charge in [0, 0.05) is 4.47 Å². The van der Waals surface area contributed by atoms with Crippen molar-refractivity contribution in [1.82, 2.24) is 15.0 Å². The molecule has 96 valence electrons. The van der Waals surface area contributed by atoms with Crippen molar-refractivity contribution in [2.24, 2.45) is 0 Å². The second-order valence-corrected chi connectivity index (χ2v) is 4.42. The standard InChI is InChI=1S/C10H7BrF3N3O/c11-7-1-6(10(12,13)14)2-9(3-7)17-4-8(5-18)15-16-17/h1-4,18H,5H2. The van der Waals surface area contributed by atoms with E-state index in [2.05, 4.69) is 26.2 Å². The normalized spacial score (nSPS) is 11.8. The van der Waals surface area contributed by atoms with Crippen LogP contribution in [0.5, 0.6) is 0 Å². The second-order valence-electron chi connectivity index (χ2n) is 3.51. The van der Waals surface area contributed by atoms with Gasteiger partial charge in [-0.1, -0.05) is 21.1 Å². The maximum absolute atomic E-state index is 12.6. The minimum Gasteiger partial charge on any atom is -0.390 e. The van der Waals surface area contributed by atoms with E-state index in [0.717, 1.165) is 12.1 Å². The molecular formula is C10H7BrF3N3O. The van der Waals surface area contributed by atoms with Crippen LogP contribution < -0.4 is 0 Å². The molecule has 0 spiro atoms. The second kappa shape index (κ2) is 4.69. The Bertz CT molecular complexity index is 568. The summed E-state index contributed by atoms with van der Waals surface area (Å²) in [4.78, 5) is 0. The van der Waals surface area contributed by atoms with E-state index in [1.54, 1.807) is 0 Å². The van der Waals surface area contributed by atoms with Gasteiger partial charge in [0.05, 0.1) is 24.1 Å². The summed E-state index contributed by atoms with van der Waals surface area (Å²) < 4.78 is 39.3. The van der Waals surface area contributed by atoms with Gasteiger partial charge in [0.25, 0.3) is 0 Å². The molecule has 18 heavy (non-hydrogen) atoms. The van der Waals surface area contributed by atoms with Gasteiger partial charge in [0.1, 0.15) is 5.69 Å². The summed E-state index contributed by atoms with van der Waals surface area (Å²) in [6.07, 6.45) is -3.07. The maximum atomic E-state index is 12.6. The Morgan fingerprint density at radius 1 is 1.28 bits per heavy atom. The molecule has 8 heteroatoms. The molecule has 1 N–H and O–H groups in total. The number of aromatic nitrogens is 3. The Balaban J connectivity index is 2.48. The minimum absolute atomic E-state index is 0.212. The zero-order chi connectivity index (χ0) is 13.3. The first-order valence-corrected chi connectivity index (χ1v) is 5.59. The Labute approximate surface area is 108 Å². The minimum atomic E-state index is -4.43. The lowest BCUT2D eigenvalue weighted by molar-refractivity contribution is -0.137. The first-order chi connectivity index (χ1) is 8.40. The highest BCUT2D eigenvalue weighted by Gasteiger charge is 2.31. The number of alkyl halides is 3. The molecule has 0 atom stereocenters. The fourth-order valence-electron chi connectivity index (χ4n) is 1.37. The van der Waals surface area contributed by atoms with Crippen LogP contribution in [-0.2, 0) is 12.8 Å². The molecule has 0 amide bonds. The molecule has 0 aliphatic carbocycles. The molecule has 1 aromatic carbocycles. The molecule has 0 unspecified atom stereocenters. The lowest BCUT2D eigenvalue weighted by Crippen LogP contribution is -2.06. The molecule has 0 bridgehead atoms. The summed E-state index contributed by atoms with van der Waals surface area (Å²) in [5.74, 6) is 0. The van der Waals surface area contributed by atoms with Crippen molar-refractivity contribution in [3.8, 4) is 5.69 Å². The van der Waals surface area contributed by atoms with E-state index in [1.165, 1.54) is 16.9 Å². The maximum Gasteiger partial charge on any atom is 0.416 e. The summed E-state index contributed by atoms with van der Waals surface area (Å²) in [5, 5.41) is 16.1. The molecule has 1 heterocycles. The molecule has 2 rings (SSSR count). The van der Waals surface area contributed by atoms with Crippen LogP contribution in [0.25, 0.3) is 5.69 Å². The van der Waals surface area contributed by atoms with Crippen molar-refractivity contribution in [2.75, 3.05) is 0 Å². The van der Waals surface area contributed by atoms with Gasteiger partial charge in [-0.15, -0.1) is 5.10 Å². The first-order valence-electron chi connectivity index (χ1n) is 4.80. The molecule has 4 nitrogen and oxygen atoms in total. The van der Waals surface area contributed by atoms with E-state index in [4.69, 9.17) is 5.11 Å². The topological polar surface area (TPSA) is 50.9 Å². The van der Waals surface area contributed by atoms with Crippen molar-refractivity contribution < 1.29 is 18.3 Å². The van der Waals surface area contributed by atoms with Gasteiger partial charge in [-0.3, -0.25) is 0 Å². The van der Waals surface area contributed by atoms with Crippen molar-refractivity contribution >= 4 is 15.9 Å². The monoisotopic (exact) mass is 321 g/mol. The number of halogens is 4. The van der Waals surface area contributed by atoms with Crippen molar-refractivity contribution in [2.45, 2.75) is 12.8 Å². The Hall–Kier alpha value is -1.41. The van der Waals surface area contributed by atoms with E-state index in [0.29, 0.717) is 0 Å². The van der Waals surface area contributed by atoms with Crippen LogP contribution in [0.4, 0.5) is 13.2 Å². The third-order valence-electron chi connectivity index (χ3n) is 2.18. The van der Waals surface area contributed by atoms with Gasteiger partial charge in [0.2, 0.25) is 0 Å². The largest absolute Gasteiger partial charge is 0.416 e. The zero-order valence-electron chi connectivity index (χ0n) is 8.82. The number of aliphatic hydroxyl groups is 1. The lowest BCUT2D eigenvalue weighted by atomic mass is 10.2. The average molecular weight is 322 g/mol. The third-order valence-corrected chi connectivity index (χ3v) is 2.64. The summed E-state index contributed by atoms with van der Waals surface area (Å²) in [7, 11) is 0. The number of aliphatic hydroxyl groups excluding tert-OH is 1. The average Bonchev–Trinajstić information content (AvgIpc) is 2.75. The summed E-state index contributed by atoms with van der Waals surface area (Å²) >= 11 is 3.02. The SMILES string of the molecule is OCc1cn(-c2cc(Br)cc(C(F)(F)F)c2)nn1. The number of nitrogens with zero attached hydrogens (tertiary/aromatic N) is 3. The third kappa shape index (κ3) is 2.70. The van der Waals surface area contributed by atoms with Gasteiger partial charge >= 0.3 is 6.18 Å². The quantitative estimate of drug-likeness (QED) is 0.924. The van der Waals surface area contributed by atoms with Crippen LogP contribution in [0.1, 0.15) is 11.3 Å². The van der Waals surface area contributed by atoms with E-state index in [9.17, 15) is 13.2 Å². The van der Waals surface area contributed by atoms with Crippen LogP contribution in [0.3, 0.4) is 0 Å². The molecule has 2 aromatic rings. The molecule has 0 radical (unpaired) electrons. The summed E-state index contributed by atoms with van der Waals surface area (Å²) in [5.41, 5.74) is -0.291. The Morgan fingerprint density at radius 3 is 2.56 bits per heavy atom. The van der Waals surface area contributed by atoms with Crippen molar-refractivity contribution in [3.63, 3.8) is 0 Å². The molecule has 0 aliphatic heterocycles. The van der Waals surface area contributed by atoms with Gasteiger partial charge < -0.3 is 5.11 Å². The summed E-state index contributed by atoms with van der Waals surface area (Å²) in [6.45, 7) is -0.319. The molecule has 0 saturated heterocycles. The lowest BCUT2D eigenvalue weighted by Gasteiger charge is -2.09. The van der Waals surface area contributed by atoms with Gasteiger partial charge in [-0.25, -0.2) is 4.68 Å². The molecule has 1 aromatic heterocycles. The van der Waals surface area contributed by atoms with Crippen molar-refractivity contribution in [1.29, 1.82) is 0 Å². The number of hydrogen-bond donors (Lipinski definition) is 1. The van der Waals surface area contributed by atoms with Crippen LogP contribution in [0.2, 0.25) is 0 Å².